The second-order valence-electron chi connectivity index (χ2n) is 10.7. The molecule has 5 heteroatoms. The van der Waals surface area contributed by atoms with Gasteiger partial charge in [-0.05, 0) is 71.9 Å². The molecule has 0 aromatic heterocycles. The van der Waals surface area contributed by atoms with E-state index < -0.39 is 23.5 Å². The van der Waals surface area contributed by atoms with E-state index in [1.54, 1.807) is 0 Å². The fourth-order valence-corrected chi connectivity index (χ4v) is 7.00. The Morgan fingerprint density at radius 1 is 0.971 bits per heavy atom. The normalized spacial score (nSPS) is 24.4. The molecule has 35 heavy (non-hydrogen) atoms. The number of aliphatic carboxylic acids is 1. The number of carboxylic acids is 1. The van der Waals surface area contributed by atoms with Crippen molar-refractivity contribution in [2.75, 3.05) is 6.61 Å². The summed E-state index contributed by atoms with van der Waals surface area (Å²) in [7, 11) is 0. The first kappa shape index (κ1) is 21.9. The maximum atomic E-state index is 12.8. The lowest BCUT2D eigenvalue weighted by molar-refractivity contribution is -0.183. The molecular weight excluding hydrogens is 438 g/mol. The van der Waals surface area contributed by atoms with Gasteiger partial charge < -0.3 is 15.2 Å². The number of alkyl carbamates (subject to hydrolysis) is 1. The number of carboxylic acid groups (broad SMARTS) is 1. The second-order valence-corrected chi connectivity index (χ2v) is 10.7. The van der Waals surface area contributed by atoms with E-state index in [-0.39, 0.29) is 17.9 Å². The van der Waals surface area contributed by atoms with Gasteiger partial charge in [0.25, 0.3) is 0 Å². The largest absolute Gasteiger partial charge is 0.480 e. The van der Waals surface area contributed by atoms with Gasteiger partial charge in [0.1, 0.15) is 12.6 Å². The van der Waals surface area contributed by atoms with E-state index in [1.807, 2.05) is 24.3 Å². The molecule has 4 aliphatic carbocycles. The molecule has 0 spiro atoms. The summed E-state index contributed by atoms with van der Waals surface area (Å²) in [5.74, 6) is -1.05. The number of aryl methyl sites for hydroxylation is 2. The zero-order valence-electron chi connectivity index (χ0n) is 20.0. The molecule has 2 N–H and O–H groups in total. The summed E-state index contributed by atoms with van der Waals surface area (Å²) < 4.78 is 5.63. The van der Waals surface area contributed by atoms with Crippen LogP contribution in [0, 0.1) is 19.3 Å². The number of carbonyl (C=O) groups is 2. The van der Waals surface area contributed by atoms with Crippen molar-refractivity contribution in [2.45, 2.75) is 50.5 Å². The number of rotatable bonds is 6. The lowest BCUT2D eigenvalue weighted by Gasteiger charge is -2.73. The first-order chi connectivity index (χ1) is 16.8. The van der Waals surface area contributed by atoms with Gasteiger partial charge in [-0.25, -0.2) is 9.59 Å². The average Bonchev–Trinajstić information content (AvgIpc) is 3.11. The Kier molecular flexibility index (Phi) is 4.82. The van der Waals surface area contributed by atoms with Crippen LogP contribution in [0.5, 0.6) is 0 Å². The number of carbonyl (C=O) groups excluding carboxylic acids is 1. The quantitative estimate of drug-likeness (QED) is 0.486. The Bertz CT molecular complexity index is 1290. The highest BCUT2D eigenvalue weighted by Crippen LogP contribution is 2.75. The molecular formula is C30H29NO4. The summed E-state index contributed by atoms with van der Waals surface area (Å²) in [6, 6.07) is 21.9. The van der Waals surface area contributed by atoms with Crippen LogP contribution in [0.4, 0.5) is 4.79 Å². The molecule has 5 nitrogen and oxygen atoms in total. The Morgan fingerprint density at radius 3 is 2.17 bits per heavy atom. The van der Waals surface area contributed by atoms with Crippen LogP contribution in [-0.2, 0) is 14.9 Å². The molecule has 3 aromatic rings. The Hall–Kier alpha value is -3.60. The van der Waals surface area contributed by atoms with E-state index in [4.69, 9.17) is 4.74 Å². The molecule has 7 rings (SSSR count). The fourth-order valence-electron chi connectivity index (χ4n) is 7.00. The van der Waals surface area contributed by atoms with Crippen LogP contribution in [0.2, 0.25) is 0 Å². The van der Waals surface area contributed by atoms with Crippen LogP contribution < -0.4 is 5.32 Å². The molecule has 1 amide bonds. The zero-order chi connectivity index (χ0) is 24.4. The molecule has 178 valence electrons. The molecule has 0 saturated heterocycles. The molecule has 3 fully saturated rings. The number of ether oxygens (including phenoxy) is 1. The van der Waals surface area contributed by atoms with Gasteiger partial charge >= 0.3 is 12.1 Å². The number of amides is 1. The van der Waals surface area contributed by atoms with E-state index in [0.717, 1.165) is 41.5 Å². The summed E-state index contributed by atoms with van der Waals surface area (Å²) in [5, 5.41) is 12.7. The predicted octanol–water partition coefficient (Wildman–Crippen LogP) is 5.72. The summed E-state index contributed by atoms with van der Waals surface area (Å²) in [6.45, 7) is 4.37. The van der Waals surface area contributed by atoms with E-state index in [9.17, 15) is 14.7 Å². The standard InChI is InChI=1S/C30H29NO4/c1-18-11-12-19(2)25(13-18)29-15-30(16-29,17-29)26(27(32)33)31-28(34)35-14-24-22-9-5-3-7-20(22)21-8-4-6-10-23(21)24/h3-13,24,26H,14-17H2,1-2H3,(H,31,34)(H,32,33). The third kappa shape index (κ3) is 3.28. The van der Waals surface area contributed by atoms with Crippen LogP contribution in [0.25, 0.3) is 11.1 Å². The summed E-state index contributed by atoms with van der Waals surface area (Å²) in [5.41, 5.74) is 8.02. The van der Waals surface area contributed by atoms with Gasteiger partial charge in [0, 0.05) is 11.3 Å². The van der Waals surface area contributed by atoms with E-state index >= 15 is 0 Å². The summed E-state index contributed by atoms with van der Waals surface area (Å²) >= 11 is 0. The van der Waals surface area contributed by atoms with Crippen molar-refractivity contribution in [1.82, 2.24) is 5.32 Å². The van der Waals surface area contributed by atoms with Gasteiger partial charge in [-0.2, -0.15) is 0 Å². The molecule has 3 saturated carbocycles. The minimum absolute atomic E-state index is 0.0483. The van der Waals surface area contributed by atoms with Crippen molar-refractivity contribution in [3.05, 3.63) is 94.5 Å². The van der Waals surface area contributed by atoms with Crippen LogP contribution >= 0.6 is 0 Å². The predicted molar refractivity (Wildman–Crippen MR) is 134 cm³/mol. The Labute approximate surface area is 205 Å². The first-order valence-electron chi connectivity index (χ1n) is 12.2. The van der Waals surface area contributed by atoms with Gasteiger partial charge in [0.15, 0.2) is 0 Å². The lowest BCUT2D eigenvalue weighted by atomic mass is 9.31. The highest BCUT2D eigenvalue weighted by Gasteiger charge is 2.72. The second kappa shape index (κ2) is 7.70. The van der Waals surface area contributed by atoms with Gasteiger partial charge in [0.2, 0.25) is 0 Å². The highest BCUT2D eigenvalue weighted by molar-refractivity contribution is 5.82. The summed E-state index contributed by atoms with van der Waals surface area (Å²) in [4.78, 5) is 25.0. The molecule has 0 heterocycles. The minimum atomic E-state index is -0.993. The average molecular weight is 468 g/mol. The van der Waals surface area contributed by atoms with Crippen molar-refractivity contribution < 1.29 is 19.4 Å². The number of fused-ring (bicyclic) bond motifs is 3. The molecule has 4 aliphatic rings. The molecule has 3 aromatic carbocycles. The van der Waals surface area contributed by atoms with Gasteiger partial charge in [-0.3, -0.25) is 0 Å². The van der Waals surface area contributed by atoms with E-state index in [1.165, 1.54) is 16.7 Å². The van der Waals surface area contributed by atoms with Crippen LogP contribution in [0.3, 0.4) is 0 Å². The molecule has 1 unspecified atom stereocenters. The zero-order valence-corrected chi connectivity index (χ0v) is 20.0. The smallest absolute Gasteiger partial charge is 0.407 e. The molecule has 0 radical (unpaired) electrons. The third-order valence-corrected chi connectivity index (χ3v) is 8.50. The Morgan fingerprint density at radius 2 is 1.57 bits per heavy atom. The maximum absolute atomic E-state index is 12.8. The van der Waals surface area contributed by atoms with Crippen molar-refractivity contribution in [1.29, 1.82) is 0 Å². The monoisotopic (exact) mass is 467 g/mol. The van der Waals surface area contributed by atoms with Crippen molar-refractivity contribution >= 4 is 12.1 Å². The van der Waals surface area contributed by atoms with Crippen molar-refractivity contribution in [3.8, 4) is 11.1 Å². The Balaban J connectivity index is 1.13. The minimum Gasteiger partial charge on any atom is -0.480 e. The third-order valence-electron chi connectivity index (χ3n) is 8.50. The van der Waals surface area contributed by atoms with Gasteiger partial charge in [-0.15, -0.1) is 0 Å². The molecule has 0 aliphatic heterocycles. The first-order valence-corrected chi connectivity index (χ1v) is 12.2. The summed E-state index contributed by atoms with van der Waals surface area (Å²) in [6.07, 6.45) is 1.69. The number of benzene rings is 3. The maximum Gasteiger partial charge on any atom is 0.407 e. The van der Waals surface area contributed by atoms with Crippen LogP contribution in [-0.4, -0.2) is 29.8 Å². The number of nitrogens with one attached hydrogen (secondary N) is 1. The van der Waals surface area contributed by atoms with Gasteiger partial charge in [-0.1, -0.05) is 72.3 Å². The SMILES string of the molecule is Cc1ccc(C)c(C23CC(C(NC(=O)OCC4c5ccccc5-c5ccccc54)C(=O)O)(C2)C3)c1. The van der Waals surface area contributed by atoms with Crippen molar-refractivity contribution in [3.63, 3.8) is 0 Å². The van der Waals surface area contributed by atoms with Crippen LogP contribution in [0.1, 0.15) is 53.0 Å². The molecule has 2 bridgehead atoms. The fraction of sp³-hybridized carbons (Fsp3) is 0.333. The number of hydrogen-bond donors (Lipinski definition) is 2. The lowest BCUT2D eigenvalue weighted by Crippen LogP contribution is -2.73. The molecule has 1 atom stereocenters. The van der Waals surface area contributed by atoms with E-state index in [2.05, 4.69) is 61.6 Å². The topological polar surface area (TPSA) is 75.6 Å². The van der Waals surface area contributed by atoms with Crippen molar-refractivity contribution in [2.24, 2.45) is 5.41 Å². The van der Waals surface area contributed by atoms with Gasteiger partial charge in [0.05, 0.1) is 0 Å². The van der Waals surface area contributed by atoms with Crippen LogP contribution in [0.15, 0.2) is 66.7 Å². The highest BCUT2D eigenvalue weighted by atomic mass is 16.5. The number of hydrogen-bond acceptors (Lipinski definition) is 3. The van der Waals surface area contributed by atoms with E-state index in [0.29, 0.717) is 0 Å².